The predicted molar refractivity (Wildman–Crippen MR) is 53.4 cm³/mol. The van der Waals surface area contributed by atoms with Crippen LogP contribution in [-0.4, -0.2) is 19.8 Å². The third-order valence-electron chi connectivity index (χ3n) is 3.58. The highest BCUT2D eigenvalue weighted by Gasteiger charge is 2.37. The molecular weight excluding hydrogens is 162 g/mol. The topological polar surface area (TPSA) is 35.2 Å². The summed E-state index contributed by atoms with van der Waals surface area (Å²) in [4.78, 5) is 0. The fourth-order valence-corrected chi connectivity index (χ4v) is 2.58. The average molecular weight is 183 g/mol. The lowest BCUT2D eigenvalue weighted by Crippen LogP contribution is -2.16. The Morgan fingerprint density at radius 1 is 1.15 bits per heavy atom. The van der Waals surface area contributed by atoms with Gasteiger partial charge in [0.1, 0.15) is 0 Å². The highest BCUT2D eigenvalue weighted by Crippen LogP contribution is 2.46. The maximum Gasteiger partial charge on any atom is 0.0468 e. The molecule has 1 aliphatic heterocycles. The van der Waals surface area contributed by atoms with Crippen molar-refractivity contribution in [1.82, 2.24) is 0 Å². The van der Waals surface area contributed by atoms with Crippen LogP contribution in [0.1, 0.15) is 32.1 Å². The van der Waals surface area contributed by atoms with E-state index in [0.717, 1.165) is 37.5 Å². The molecule has 2 rings (SSSR count). The maximum atomic E-state index is 5.54. The molecular formula is C11H21NO. The standard InChI is InChI=1S/C11H21NO/c12-4-1-10-8-11(10)7-9-2-5-13-6-3-9/h9-11H,1-8,12H2. The van der Waals surface area contributed by atoms with Crippen LogP contribution in [0, 0.1) is 17.8 Å². The Balaban J connectivity index is 1.62. The normalized spacial score (nSPS) is 34.8. The van der Waals surface area contributed by atoms with Crippen molar-refractivity contribution in [2.75, 3.05) is 19.8 Å². The Kier molecular flexibility index (Phi) is 3.23. The van der Waals surface area contributed by atoms with Crippen molar-refractivity contribution in [3.63, 3.8) is 0 Å². The SMILES string of the molecule is NCCC1CC1CC1CCOCC1. The Morgan fingerprint density at radius 2 is 1.92 bits per heavy atom. The van der Waals surface area contributed by atoms with Crippen LogP contribution in [0.4, 0.5) is 0 Å². The van der Waals surface area contributed by atoms with Gasteiger partial charge in [0.15, 0.2) is 0 Å². The molecule has 0 spiro atoms. The van der Waals surface area contributed by atoms with E-state index < -0.39 is 0 Å². The molecule has 1 saturated carbocycles. The molecule has 1 heterocycles. The highest BCUT2D eigenvalue weighted by atomic mass is 16.5. The number of hydrogen-bond acceptors (Lipinski definition) is 2. The number of ether oxygens (including phenoxy) is 1. The molecule has 0 bridgehead atoms. The van der Waals surface area contributed by atoms with Gasteiger partial charge in [-0.25, -0.2) is 0 Å². The van der Waals surface area contributed by atoms with Crippen molar-refractivity contribution in [2.24, 2.45) is 23.5 Å². The second-order valence-electron chi connectivity index (χ2n) is 4.62. The lowest BCUT2D eigenvalue weighted by molar-refractivity contribution is 0.0617. The fraction of sp³-hybridized carbons (Fsp3) is 1.00. The second-order valence-corrected chi connectivity index (χ2v) is 4.62. The second kappa shape index (κ2) is 4.43. The Morgan fingerprint density at radius 3 is 2.62 bits per heavy atom. The van der Waals surface area contributed by atoms with E-state index in [1.54, 1.807) is 0 Å². The third-order valence-corrected chi connectivity index (χ3v) is 3.58. The Hall–Kier alpha value is -0.0800. The van der Waals surface area contributed by atoms with Crippen LogP contribution < -0.4 is 5.73 Å². The lowest BCUT2D eigenvalue weighted by Gasteiger charge is -2.21. The number of rotatable bonds is 4. The van der Waals surface area contributed by atoms with E-state index in [2.05, 4.69) is 0 Å². The molecule has 13 heavy (non-hydrogen) atoms. The van der Waals surface area contributed by atoms with Crippen molar-refractivity contribution in [2.45, 2.75) is 32.1 Å². The van der Waals surface area contributed by atoms with Crippen molar-refractivity contribution in [3.05, 3.63) is 0 Å². The molecule has 2 unspecified atom stereocenters. The predicted octanol–water partition coefficient (Wildman–Crippen LogP) is 1.79. The summed E-state index contributed by atoms with van der Waals surface area (Å²) in [6.07, 6.45) is 6.76. The molecule has 0 aromatic rings. The van der Waals surface area contributed by atoms with Gasteiger partial charge < -0.3 is 10.5 Å². The number of hydrogen-bond donors (Lipinski definition) is 1. The highest BCUT2D eigenvalue weighted by molar-refractivity contribution is 4.88. The molecule has 0 aromatic carbocycles. The minimum atomic E-state index is 0.884. The van der Waals surface area contributed by atoms with Gasteiger partial charge in [-0.1, -0.05) is 0 Å². The molecule has 1 aliphatic carbocycles. The van der Waals surface area contributed by atoms with Crippen LogP contribution in [-0.2, 0) is 4.74 Å². The summed E-state index contributed by atoms with van der Waals surface area (Å²) in [5.74, 6) is 2.96. The van der Waals surface area contributed by atoms with Crippen molar-refractivity contribution in [1.29, 1.82) is 0 Å². The lowest BCUT2D eigenvalue weighted by atomic mass is 9.93. The zero-order valence-corrected chi connectivity index (χ0v) is 8.37. The average Bonchev–Trinajstić information content (AvgIpc) is 2.86. The molecule has 0 radical (unpaired) electrons. The van der Waals surface area contributed by atoms with Gasteiger partial charge in [-0.15, -0.1) is 0 Å². The van der Waals surface area contributed by atoms with Gasteiger partial charge in [-0.05, 0) is 56.4 Å². The summed E-state index contributed by atoms with van der Waals surface area (Å²) in [7, 11) is 0. The molecule has 2 N–H and O–H groups in total. The van der Waals surface area contributed by atoms with E-state index in [-0.39, 0.29) is 0 Å². The van der Waals surface area contributed by atoms with Crippen molar-refractivity contribution < 1.29 is 4.74 Å². The van der Waals surface area contributed by atoms with Crippen LogP contribution in [0.5, 0.6) is 0 Å². The minimum Gasteiger partial charge on any atom is -0.381 e. The quantitative estimate of drug-likeness (QED) is 0.721. The molecule has 2 fully saturated rings. The van der Waals surface area contributed by atoms with Gasteiger partial charge in [-0.3, -0.25) is 0 Å². The van der Waals surface area contributed by atoms with E-state index in [4.69, 9.17) is 10.5 Å². The largest absolute Gasteiger partial charge is 0.381 e. The fourth-order valence-electron chi connectivity index (χ4n) is 2.58. The molecule has 2 atom stereocenters. The first-order valence-electron chi connectivity index (χ1n) is 5.68. The molecule has 0 aromatic heterocycles. The van der Waals surface area contributed by atoms with Crippen LogP contribution in [0.15, 0.2) is 0 Å². The Labute approximate surface area is 80.8 Å². The maximum absolute atomic E-state index is 5.54. The van der Waals surface area contributed by atoms with Crippen LogP contribution in [0.3, 0.4) is 0 Å². The first-order valence-corrected chi connectivity index (χ1v) is 5.68. The summed E-state index contributed by atoms with van der Waals surface area (Å²) in [6, 6.07) is 0. The van der Waals surface area contributed by atoms with E-state index in [1.807, 2.05) is 0 Å². The zero-order chi connectivity index (χ0) is 9.10. The molecule has 76 valence electrons. The number of nitrogens with two attached hydrogens (primary N) is 1. The van der Waals surface area contributed by atoms with Gasteiger partial charge in [0.2, 0.25) is 0 Å². The molecule has 0 amide bonds. The summed E-state index contributed by atoms with van der Waals surface area (Å²) in [6.45, 7) is 2.88. The Bertz CT molecular complexity index is 154. The van der Waals surface area contributed by atoms with Gasteiger partial charge in [0.25, 0.3) is 0 Å². The first kappa shape index (κ1) is 9.47. The van der Waals surface area contributed by atoms with E-state index in [1.165, 1.54) is 32.1 Å². The summed E-state index contributed by atoms with van der Waals surface area (Å²) < 4.78 is 5.36. The molecule has 1 saturated heterocycles. The monoisotopic (exact) mass is 183 g/mol. The molecule has 2 aliphatic rings. The molecule has 2 nitrogen and oxygen atoms in total. The van der Waals surface area contributed by atoms with Crippen LogP contribution in [0.25, 0.3) is 0 Å². The summed E-state index contributed by atoms with van der Waals surface area (Å²) in [5, 5.41) is 0. The van der Waals surface area contributed by atoms with Crippen molar-refractivity contribution in [3.8, 4) is 0 Å². The van der Waals surface area contributed by atoms with Gasteiger partial charge in [-0.2, -0.15) is 0 Å². The smallest absolute Gasteiger partial charge is 0.0468 e. The summed E-state index contributed by atoms with van der Waals surface area (Å²) in [5.41, 5.74) is 5.54. The van der Waals surface area contributed by atoms with Crippen molar-refractivity contribution >= 4 is 0 Å². The zero-order valence-electron chi connectivity index (χ0n) is 8.37. The van der Waals surface area contributed by atoms with E-state index >= 15 is 0 Å². The van der Waals surface area contributed by atoms with Crippen LogP contribution in [0.2, 0.25) is 0 Å². The minimum absolute atomic E-state index is 0.884. The molecule has 2 heteroatoms. The first-order chi connectivity index (χ1) is 6.40. The van der Waals surface area contributed by atoms with E-state index in [9.17, 15) is 0 Å². The van der Waals surface area contributed by atoms with Gasteiger partial charge >= 0.3 is 0 Å². The summed E-state index contributed by atoms with van der Waals surface area (Å²) >= 11 is 0. The van der Waals surface area contributed by atoms with E-state index in [0.29, 0.717) is 0 Å². The van der Waals surface area contributed by atoms with Gasteiger partial charge in [0, 0.05) is 13.2 Å². The third kappa shape index (κ3) is 2.68. The van der Waals surface area contributed by atoms with Crippen LogP contribution >= 0.6 is 0 Å². The van der Waals surface area contributed by atoms with Gasteiger partial charge in [0.05, 0.1) is 0 Å².